The van der Waals surface area contributed by atoms with Crippen LogP contribution in [0.4, 0.5) is 0 Å². The van der Waals surface area contributed by atoms with Gasteiger partial charge < -0.3 is 15.5 Å². The predicted molar refractivity (Wildman–Crippen MR) is 70.4 cm³/mol. The van der Waals surface area contributed by atoms with Crippen molar-refractivity contribution in [1.29, 1.82) is 0 Å². The molecule has 0 aliphatic rings. The third-order valence-corrected chi connectivity index (χ3v) is 2.53. The van der Waals surface area contributed by atoms with Crippen molar-refractivity contribution in [2.24, 2.45) is 0 Å². The Morgan fingerprint density at radius 1 is 1.41 bits per heavy atom. The van der Waals surface area contributed by atoms with Crippen molar-refractivity contribution in [3.8, 4) is 5.75 Å². The van der Waals surface area contributed by atoms with Gasteiger partial charge in [-0.15, -0.1) is 0 Å². The topological polar surface area (TPSA) is 69.6 Å². The fraction of sp³-hybridized carbons (Fsp3) is 0.250. The van der Waals surface area contributed by atoms with E-state index in [9.17, 15) is 4.79 Å². The standard InChI is InChI=1S/C12H15NO3S/c14-10-5-3-9(4-6-10)2-1-7-13-11(8-17)12(15)16/h1-6,11,13-14,17H,7-8H2,(H,15,16)/b2-1+/t11-/m0/s1. The van der Waals surface area contributed by atoms with Crippen molar-refractivity contribution < 1.29 is 15.0 Å². The van der Waals surface area contributed by atoms with Crippen molar-refractivity contribution >= 4 is 24.7 Å². The van der Waals surface area contributed by atoms with Crippen LogP contribution in [0.3, 0.4) is 0 Å². The van der Waals surface area contributed by atoms with E-state index in [-0.39, 0.29) is 11.5 Å². The highest BCUT2D eigenvalue weighted by Gasteiger charge is 2.12. The fourth-order valence-electron chi connectivity index (χ4n) is 1.22. The number of benzene rings is 1. The highest BCUT2D eigenvalue weighted by molar-refractivity contribution is 7.80. The Balaban J connectivity index is 2.40. The lowest BCUT2D eigenvalue weighted by Crippen LogP contribution is -2.38. The summed E-state index contributed by atoms with van der Waals surface area (Å²) >= 11 is 3.94. The predicted octanol–water partition coefficient (Wildman–Crippen LogP) is 1.38. The molecule has 0 aliphatic heterocycles. The van der Waals surface area contributed by atoms with Crippen LogP contribution in [0.5, 0.6) is 5.75 Å². The summed E-state index contributed by atoms with van der Waals surface area (Å²) in [7, 11) is 0. The molecule has 17 heavy (non-hydrogen) atoms. The van der Waals surface area contributed by atoms with Crippen LogP contribution in [0.2, 0.25) is 0 Å². The van der Waals surface area contributed by atoms with E-state index >= 15 is 0 Å². The first-order valence-corrected chi connectivity index (χ1v) is 5.79. The summed E-state index contributed by atoms with van der Waals surface area (Å²) in [5.41, 5.74) is 0.947. The van der Waals surface area contributed by atoms with Gasteiger partial charge in [0.2, 0.25) is 0 Å². The summed E-state index contributed by atoms with van der Waals surface area (Å²) in [5, 5.41) is 20.7. The first kappa shape index (κ1) is 13.6. The number of nitrogens with one attached hydrogen (secondary N) is 1. The minimum atomic E-state index is -0.905. The molecule has 0 fully saturated rings. The molecule has 0 aliphatic carbocycles. The van der Waals surface area contributed by atoms with Gasteiger partial charge in [0.1, 0.15) is 11.8 Å². The van der Waals surface area contributed by atoms with Gasteiger partial charge in [0.15, 0.2) is 0 Å². The largest absolute Gasteiger partial charge is 0.508 e. The summed E-state index contributed by atoms with van der Waals surface area (Å²) in [6.07, 6.45) is 3.68. The number of hydrogen-bond donors (Lipinski definition) is 4. The van der Waals surface area contributed by atoms with E-state index in [1.807, 2.05) is 12.2 Å². The van der Waals surface area contributed by atoms with Gasteiger partial charge in [-0.3, -0.25) is 4.79 Å². The van der Waals surface area contributed by atoms with Crippen molar-refractivity contribution in [3.63, 3.8) is 0 Å². The maximum atomic E-state index is 10.7. The van der Waals surface area contributed by atoms with Gasteiger partial charge in [-0.05, 0) is 17.7 Å². The molecule has 0 aromatic heterocycles. The van der Waals surface area contributed by atoms with E-state index < -0.39 is 12.0 Å². The molecule has 0 heterocycles. The number of aliphatic carboxylic acids is 1. The number of rotatable bonds is 6. The molecular weight excluding hydrogens is 238 g/mol. The highest BCUT2D eigenvalue weighted by Crippen LogP contribution is 2.10. The van der Waals surface area contributed by atoms with Gasteiger partial charge in [-0.1, -0.05) is 24.3 Å². The molecule has 5 heteroatoms. The Hall–Kier alpha value is -1.46. The Kier molecular flexibility index (Phi) is 5.59. The second-order valence-electron chi connectivity index (χ2n) is 3.48. The van der Waals surface area contributed by atoms with Crippen LogP contribution in [0.1, 0.15) is 5.56 Å². The molecule has 0 radical (unpaired) electrons. The number of phenols is 1. The Morgan fingerprint density at radius 2 is 2.06 bits per heavy atom. The summed E-state index contributed by atoms with van der Waals surface area (Å²) in [4.78, 5) is 10.7. The minimum absolute atomic E-state index is 0.223. The summed E-state index contributed by atoms with van der Waals surface area (Å²) < 4.78 is 0. The molecule has 3 N–H and O–H groups in total. The molecule has 0 amide bonds. The number of phenolic OH excluding ortho intramolecular Hbond substituents is 1. The maximum absolute atomic E-state index is 10.7. The number of thiol groups is 1. The van der Waals surface area contributed by atoms with Crippen molar-refractivity contribution in [2.45, 2.75) is 6.04 Å². The third kappa shape index (κ3) is 4.93. The molecule has 1 aromatic rings. The first-order valence-electron chi connectivity index (χ1n) is 5.16. The van der Waals surface area contributed by atoms with Crippen LogP contribution in [0, 0.1) is 0 Å². The van der Waals surface area contributed by atoms with Gasteiger partial charge in [-0.2, -0.15) is 12.6 Å². The second kappa shape index (κ2) is 6.98. The quantitative estimate of drug-likeness (QED) is 0.578. The number of carbonyl (C=O) groups is 1. The van der Waals surface area contributed by atoms with E-state index in [0.29, 0.717) is 6.54 Å². The van der Waals surface area contributed by atoms with Crippen molar-refractivity contribution in [2.75, 3.05) is 12.3 Å². The van der Waals surface area contributed by atoms with Gasteiger partial charge in [0.25, 0.3) is 0 Å². The minimum Gasteiger partial charge on any atom is -0.508 e. The molecule has 4 nitrogen and oxygen atoms in total. The maximum Gasteiger partial charge on any atom is 0.321 e. The smallest absolute Gasteiger partial charge is 0.321 e. The van der Waals surface area contributed by atoms with Crippen molar-refractivity contribution in [3.05, 3.63) is 35.9 Å². The number of carboxylic acids is 1. The lowest BCUT2D eigenvalue weighted by molar-refractivity contribution is -0.138. The van der Waals surface area contributed by atoms with E-state index in [1.54, 1.807) is 24.3 Å². The van der Waals surface area contributed by atoms with E-state index in [0.717, 1.165) is 5.56 Å². The molecule has 0 saturated carbocycles. The number of aromatic hydroxyl groups is 1. The average molecular weight is 253 g/mol. The SMILES string of the molecule is O=C(O)[C@H](CS)NC/C=C/c1ccc(O)cc1. The summed E-state index contributed by atoms with van der Waals surface area (Å²) in [5.74, 6) is -0.429. The van der Waals surface area contributed by atoms with Crippen LogP contribution in [0.25, 0.3) is 6.08 Å². The Labute approximate surface area is 105 Å². The van der Waals surface area contributed by atoms with E-state index in [4.69, 9.17) is 10.2 Å². The lowest BCUT2D eigenvalue weighted by Gasteiger charge is -2.08. The van der Waals surface area contributed by atoms with Crippen LogP contribution in [-0.4, -0.2) is 34.5 Å². The number of hydrogen-bond acceptors (Lipinski definition) is 4. The Morgan fingerprint density at radius 3 is 2.59 bits per heavy atom. The van der Waals surface area contributed by atoms with Gasteiger partial charge in [0.05, 0.1) is 0 Å². The van der Waals surface area contributed by atoms with Gasteiger partial charge >= 0.3 is 5.97 Å². The zero-order chi connectivity index (χ0) is 12.7. The molecule has 1 rings (SSSR count). The second-order valence-corrected chi connectivity index (χ2v) is 3.84. The zero-order valence-corrected chi connectivity index (χ0v) is 10.1. The highest BCUT2D eigenvalue weighted by atomic mass is 32.1. The molecule has 0 bridgehead atoms. The first-order chi connectivity index (χ1) is 8.13. The van der Waals surface area contributed by atoms with Gasteiger partial charge in [-0.25, -0.2) is 0 Å². The normalized spacial score (nSPS) is 12.8. The number of carboxylic acid groups (broad SMARTS) is 1. The van der Waals surface area contributed by atoms with Crippen molar-refractivity contribution in [1.82, 2.24) is 5.32 Å². The molecule has 0 unspecified atom stereocenters. The molecule has 92 valence electrons. The summed E-state index contributed by atoms with van der Waals surface area (Å²) in [6, 6.07) is 6.11. The fourth-order valence-corrected chi connectivity index (χ4v) is 1.51. The van der Waals surface area contributed by atoms with E-state index in [2.05, 4.69) is 17.9 Å². The van der Waals surface area contributed by atoms with Crippen LogP contribution in [0.15, 0.2) is 30.3 Å². The molecular formula is C12H15NO3S. The zero-order valence-electron chi connectivity index (χ0n) is 9.21. The van der Waals surface area contributed by atoms with E-state index in [1.165, 1.54) is 0 Å². The monoisotopic (exact) mass is 253 g/mol. The molecule has 1 atom stereocenters. The van der Waals surface area contributed by atoms with Crippen LogP contribution < -0.4 is 5.32 Å². The Bertz CT molecular complexity index is 389. The lowest BCUT2D eigenvalue weighted by atomic mass is 10.2. The van der Waals surface area contributed by atoms with Gasteiger partial charge in [0, 0.05) is 12.3 Å². The molecule has 0 saturated heterocycles. The molecule has 1 aromatic carbocycles. The third-order valence-electron chi connectivity index (χ3n) is 2.17. The molecule has 0 spiro atoms. The van der Waals surface area contributed by atoms with Crippen LogP contribution >= 0.6 is 12.6 Å². The summed E-state index contributed by atoms with van der Waals surface area (Å²) in [6.45, 7) is 0.457. The van der Waals surface area contributed by atoms with Crippen LogP contribution in [-0.2, 0) is 4.79 Å². The average Bonchev–Trinajstić information content (AvgIpc) is 2.31.